The number of allylic oxidation sites excluding steroid dienone is 9. The summed E-state index contributed by atoms with van der Waals surface area (Å²) in [5, 5.41) is 5.76. The number of hydrogen-bond donors (Lipinski definition) is 0. The second-order valence-electron chi connectivity index (χ2n) is 19.5. The summed E-state index contributed by atoms with van der Waals surface area (Å²) in [6.07, 6.45) is 21.6. The third-order valence-electron chi connectivity index (χ3n) is 15.7. The summed E-state index contributed by atoms with van der Waals surface area (Å²) in [5.41, 5.74) is 18.3. The van der Waals surface area contributed by atoms with E-state index in [1.54, 1.807) is 0 Å². The third kappa shape index (κ3) is 5.25. The molecule has 5 nitrogen and oxygen atoms in total. The highest BCUT2D eigenvalue weighted by Gasteiger charge is 2.51. The van der Waals surface area contributed by atoms with Crippen LogP contribution in [-0.2, 0) is 0 Å². The number of rotatable bonds is 5. The first-order valence-electron chi connectivity index (χ1n) is 24.5. The Morgan fingerprint density at radius 2 is 1.27 bits per heavy atom. The van der Waals surface area contributed by atoms with Crippen LogP contribution in [-0.4, -0.2) is 6.71 Å². The van der Waals surface area contributed by atoms with Gasteiger partial charge in [-0.25, -0.2) is 0 Å². The highest BCUT2D eigenvalue weighted by molar-refractivity contribution is 8.00. The fraction of sp³-hybridized carbons (Fsp3) is 0.0794. The summed E-state index contributed by atoms with van der Waals surface area (Å²) >= 11 is 1.87. The van der Waals surface area contributed by atoms with Gasteiger partial charge in [-0.15, -0.1) is 0 Å². The zero-order valence-corrected chi connectivity index (χ0v) is 39.0. The van der Waals surface area contributed by atoms with Gasteiger partial charge in [-0.3, -0.25) is 0 Å². The van der Waals surface area contributed by atoms with Crippen LogP contribution in [0, 0.1) is 11.8 Å². The van der Waals surface area contributed by atoms with Gasteiger partial charge in [0, 0.05) is 78.0 Å². The van der Waals surface area contributed by atoms with E-state index in [-0.39, 0.29) is 24.5 Å². The lowest BCUT2D eigenvalue weighted by molar-refractivity contribution is 0.491. The number of benzene rings is 8. The molecule has 0 saturated carbocycles. The first-order valence-corrected chi connectivity index (χ1v) is 25.3. The lowest BCUT2D eigenvalue weighted by Crippen LogP contribution is -2.64. The Kier molecular flexibility index (Phi) is 8.01. The number of para-hydroxylation sites is 3. The van der Waals surface area contributed by atoms with Crippen molar-refractivity contribution in [3.63, 3.8) is 0 Å². The van der Waals surface area contributed by atoms with Crippen LogP contribution >= 0.6 is 11.8 Å². The van der Waals surface area contributed by atoms with Gasteiger partial charge in [-0.05, 0) is 101 Å². The van der Waals surface area contributed by atoms with Gasteiger partial charge in [0.1, 0.15) is 22.5 Å². The molecule has 0 saturated heterocycles. The number of fused-ring (bicyclic) bond motifs is 12. The van der Waals surface area contributed by atoms with Gasteiger partial charge in [0.2, 0.25) is 0 Å². The van der Waals surface area contributed by atoms with Crippen molar-refractivity contribution in [2.75, 3.05) is 14.7 Å². The molecule has 70 heavy (non-hydrogen) atoms. The van der Waals surface area contributed by atoms with Crippen LogP contribution < -0.4 is 31.1 Å². The van der Waals surface area contributed by atoms with Gasteiger partial charge in [-0.1, -0.05) is 152 Å². The van der Waals surface area contributed by atoms with Crippen molar-refractivity contribution in [2.24, 2.45) is 11.8 Å². The Morgan fingerprint density at radius 3 is 2.03 bits per heavy atom. The van der Waals surface area contributed by atoms with E-state index in [0.717, 1.165) is 73.5 Å². The van der Waals surface area contributed by atoms with E-state index in [9.17, 15) is 0 Å². The van der Waals surface area contributed by atoms with Gasteiger partial charge >= 0.3 is 0 Å². The molecule has 5 heterocycles. The zero-order chi connectivity index (χ0) is 45.8. The molecule has 6 aliphatic rings. The van der Waals surface area contributed by atoms with Crippen molar-refractivity contribution >= 4 is 130 Å². The summed E-state index contributed by atoms with van der Waals surface area (Å²) in [5.74, 6) is 1.66. The topological polar surface area (TPSA) is 36.0 Å². The molecule has 10 aromatic rings. The Balaban J connectivity index is 1.10. The minimum absolute atomic E-state index is 0.0916. The van der Waals surface area contributed by atoms with E-state index in [0.29, 0.717) is 0 Å². The van der Waals surface area contributed by atoms with Crippen molar-refractivity contribution < 1.29 is 8.83 Å². The van der Waals surface area contributed by atoms with Gasteiger partial charge in [0.05, 0.1) is 27.8 Å². The molecular weight excluding hydrogens is 874 g/mol. The molecule has 16 rings (SSSR count). The first kappa shape index (κ1) is 38.8. The molecule has 3 aliphatic heterocycles. The molecule has 3 atom stereocenters. The van der Waals surface area contributed by atoms with Crippen LogP contribution in [0.2, 0.25) is 0 Å². The average molecular weight is 916 g/mol. The molecule has 330 valence electrons. The molecule has 8 aromatic carbocycles. The summed E-state index contributed by atoms with van der Waals surface area (Å²) in [7, 11) is 0. The molecule has 0 N–H and O–H groups in total. The Morgan fingerprint density at radius 1 is 0.600 bits per heavy atom. The largest absolute Gasteiger partial charge is 0.460 e. The Hall–Kier alpha value is -8.13. The normalized spacial score (nSPS) is 18.7. The summed E-state index contributed by atoms with van der Waals surface area (Å²) in [4.78, 5) is 10.1. The zero-order valence-electron chi connectivity index (χ0n) is 38.2. The summed E-state index contributed by atoms with van der Waals surface area (Å²) < 4.78 is 14.4. The van der Waals surface area contributed by atoms with E-state index in [1.807, 2.05) is 11.8 Å². The fourth-order valence-corrected chi connectivity index (χ4v) is 14.0. The molecule has 0 fully saturated rings. The van der Waals surface area contributed by atoms with Crippen LogP contribution in [0.3, 0.4) is 0 Å². The quantitative estimate of drug-likeness (QED) is 0.160. The van der Waals surface area contributed by atoms with Crippen molar-refractivity contribution in [1.82, 2.24) is 0 Å². The van der Waals surface area contributed by atoms with E-state index in [2.05, 4.69) is 228 Å². The highest BCUT2D eigenvalue weighted by Crippen LogP contribution is 2.57. The molecule has 0 amide bonds. The SMILES string of the molecule is CC1CC=CC=C1N1c2cc(N(c3ccccc3)c3ccccc3)cc3c2B2c4c(cc5oc6c(c5c4N3c3ccccc3)C=C[C@@H]3C=CC=CC63)Sc3cc4oc5c6ccccc6ccc5c4c1c32. The van der Waals surface area contributed by atoms with Crippen LogP contribution in [0.15, 0.2) is 225 Å². The molecule has 7 heteroatoms. The Labute approximate surface area is 409 Å². The van der Waals surface area contributed by atoms with E-state index in [4.69, 9.17) is 8.83 Å². The molecule has 2 unspecified atom stereocenters. The molecule has 0 bridgehead atoms. The van der Waals surface area contributed by atoms with Crippen LogP contribution in [0.4, 0.5) is 45.5 Å². The van der Waals surface area contributed by atoms with Crippen LogP contribution in [0.1, 0.15) is 30.6 Å². The predicted molar refractivity (Wildman–Crippen MR) is 292 cm³/mol. The monoisotopic (exact) mass is 915 g/mol. The van der Waals surface area contributed by atoms with Crippen molar-refractivity contribution in [1.29, 1.82) is 0 Å². The van der Waals surface area contributed by atoms with Crippen molar-refractivity contribution in [2.45, 2.75) is 29.1 Å². The molecular formula is C63H42BN3O2S. The van der Waals surface area contributed by atoms with Gasteiger partial charge in [0.25, 0.3) is 6.71 Å². The first-order chi connectivity index (χ1) is 34.7. The number of anilines is 8. The second kappa shape index (κ2) is 14.5. The second-order valence-corrected chi connectivity index (χ2v) is 20.6. The Bertz CT molecular complexity index is 4030. The average Bonchev–Trinajstić information content (AvgIpc) is 3.99. The van der Waals surface area contributed by atoms with Gasteiger partial charge in [-0.2, -0.15) is 0 Å². The number of hydrogen-bond acceptors (Lipinski definition) is 6. The minimum Gasteiger partial charge on any atom is -0.460 e. The van der Waals surface area contributed by atoms with Crippen LogP contribution in [0.5, 0.6) is 0 Å². The lowest BCUT2D eigenvalue weighted by Gasteiger charge is -2.48. The molecule has 0 spiro atoms. The maximum Gasteiger partial charge on any atom is 0.255 e. The van der Waals surface area contributed by atoms with E-state index < -0.39 is 0 Å². The highest BCUT2D eigenvalue weighted by atomic mass is 32.2. The maximum atomic E-state index is 7.23. The lowest BCUT2D eigenvalue weighted by atomic mass is 9.33. The summed E-state index contributed by atoms with van der Waals surface area (Å²) in [6.45, 7) is 2.30. The van der Waals surface area contributed by atoms with Crippen LogP contribution in [0.25, 0.3) is 49.8 Å². The molecule has 2 aromatic heterocycles. The molecule has 3 aliphatic carbocycles. The van der Waals surface area contributed by atoms with Crippen molar-refractivity contribution in [3.8, 4) is 0 Å². The minimum atomic E-state index is -0.0916. The van der Waals surface area contributed by atoms with Gasteiger partial charge < -0.3 is 23.5 Å². The van der Waals surface area contributed by atoms with Gasteiger partial charge in [0.15, 0.2) is 0 Å². The number of furan rings is 2. The standard InChI is InChI=1S/C63H42BN3O2S/c1-37-17-11-16-28-48(37)67-50-34-43(65(40-20-5-2-6-21-40)41-22-7-3-8-23-41)33-49-57(50)64-58-53(70-54-36-52-56(61(67)59(54)64)47-32-30-39-19-13-15-27-45(39)63(47)69-52)35-51-55(60(58)66(49)42-24-9-4-10-25-42)46-31-29-38-18-12-14-26-44(38)62(46)68-51/h2-16,18-38,44H,17H2,1H3/t37?,38-,44?/m0/s1. The van der Waals surface area contributed by atoms with Crippen molar-refractivity contribution in [3.05, 3.63) is 217 Å². The van der Waals surface area contributed by atoms with E-state index in [1.165, 1.54) is 65.3 Å². The summed E-state index contributed by atoms with van der Waals surface area (Å²) in [6, 6.07) is 55.6. The van der Waals surface area contributed by atoms with E-state index >= 15 is 0 Å². The molecule has 0 radical (unpaired) electrons. The smallest absolute Gasteiger partial charge is 0.255 e. The maximum absolute atomic E-state index is 7.23. The number of nitrogens with zero attached hydrogens (tertiary/aromatic N) is 3. The predicted octanol–water partition coefficient (Wildman–Crippen LogP) is 15.5. The third-order valence-corrected chi connectivity index (χ3v) is 16.8. The fourth-order valence-electron chi connectivity index (χ4n) is 12.7.